The molecule has 0 unspecified atom stereocenters. The van der Waals surface area contributed by atoms with Crippen molar-refractivity contribution < 1.29 is 29.0 Å². The minimum absolute atomic E-state index is 0.0756. The molecule has 4 aromatic rings. The van der Waals surface area contributed by atoms with Crippen molar-refractivity contribution in [2.75, 3.05) is 20.7 Å². The van der Waals surface area contributed by atoms with Gasteiger partial charge in [-0.25, -0.2) is 9.97 Å². The van der Waals surface area contributed by atoms with Crippen molar-refractivity contribution in [3.05, 3.63) is 102 Å². The molecule has 0 saturated heterocycles. The van der Waals surface area contributed by atoms with Gasteiger partial charge in [0.1, 0.15) is 17.8 Å². The van der Waals surface area contributed by atoms with Gasteiger partial charge >= 0.3 is 5.97 Å². The van der Waals surface area contributed by atoms with Gasteiger partial charge in [0.2, 0.25) is 11.8 Å². The van der Waals surface area contributed by atoms with Gasteiger partial charge in [0.05, 0.1) is 13.0 Å². The third kappa shape index (κ3) is 12.2. The van der Waals surface area contributed by atoms with E-state index >= 15 is 0 Å². The molecule has 11 heteroatoms. The molecule has 0 aliphatic carbocycles. The van der Waals surface area contributed by atoms with Gasteiger partial charge in [-0.05, 0) is 52.8 Å². The van der Waals surface area contributed by atoms with Crippen LogP contribution in [0.15, 0.2) is 85.2 Å². The van der Waals surface area contributed by atoms with E-state index in [9.17, 15) is 24.3 Å². The first kappa shape index (κ1) is 41.2. The van der Waals surface area contributed by atoms with Crippen molar-refractivity contribution in [2.45, 2.75) is 90.1 Å². The first-order valence-corrected chi connectivity index (χ1v) is 18.5. The van der Waals surface area contributed by atoms with Crippen LogP contribution in [0.3, 0.4) is 0 Å². The number of aromatic nitrogens is 2. The Morgan fingerprint density at radius 2 is 1.37 bits per heavy atom. The fourth-order valence-electron chi connectivity index (χ4n) is 5.82. The second-order valence-electron chi connectivity index (χ2n) is 14.7. The van der Waals surface area contributed by atoms with Crippen molar-refractivity contribution in [3.8, 4) is 28.3 Å². The third-order valence-electron chi connectivity index (χ3n) is 9.08. The van der Waals surface area contributed by atoms with Gasteiger partial charge in [0, 0.05) is 49.6 Å². The Labute approximate surface area is 318 Å². The lowest BCUT2D eigenvalue weighted by molar-refractivity contribution is -0.143. The summed E-state index contributed by atoms with van der Waals surface area (Å²) < 4.78 is 5.89. The summed E-state index contributed by atoms with van der Waals surface area (Å²) in [5.74, 6) is -1.61. The summed E-state index contributed by atoms with van der Waals surface area (Å²) in [7, 11) is 2.96. The topological polar surface area (TPSA) is 151 Å². The van der Waals surface area contributed by atoms with Crippen LogP contribution in [0.4, 0.5) is 0 Å². The molecule has 0 bridgehead atoms. The van der Waals surface area contributed by atoms with Gasteiger partial charge in [-0.1, -0.05) is 102 Å². The summed E-state index contributed by atoms with van der Waals surface area (Å²) in [6.07, 6.45) is 8.96. The number of benzene rings is 3. The van der Waals surface area contributed by atoms with E-state index in [1.54, 1.807) is 24.5 Å². The number of nitrogens with zero attached hydrogens (tertiary/aromatic N) is 3. The Kier molecular flexibility index (Phi) is 14.9. The zero-order valence-electron chi connectivity index (χ0n) is 32.2. The number of carboxylic acid groups (broad SMARTS) is 1. The highest BCUT2D eigenvalue weighted by atomic mass is 16.5. The van der Waals surface area contributed by atoms with Crippen LogP contribution in [0.5, 0.6) is 5.75 Å². The van der Waals surface area contributed by atoms with Gasteiger partial charge in [0.25, 0.3) is 5.91 Å². The summed E-state index contributed by atoms with van der Waals surface area (Å²) >= 11 is 0. The molecule has 3 aromatic carbocycles. The van der Waals surface area contributed by atoms with Gasteiger partial charge in [0.15, 0.2) is 5.82 Å². The van der Waals surface area contributed by atoms with E-state index in [1.165, 1.54) is 44.7 Å². The smallest absolute Gasteiger partial charge is 0.305 e. The van der Waals surface area contributed by atoms with E-state index < -0.39 is 42.2 Å². The van der Waals surface area contributed by atoms with Crippen LogP contribution in [-0.2, 0) is 26.2 Å². The number of hydrogen-bond donors (Lipinski definition) is 3. The van der Waals surface area contributed by atoms with Crippen LogP contribution in [0.2, 0.25) is 0 Å². The van der Waals surface area contributed by atoms with E-state index in [2.05, 4.69) is 48.3 Å². The molecule has 2 atom stereocenters. The van der Waals surface area contributed by atoms with Gasteiger partial charge in [-0.15, -0.1) is 0 Å². The van der Waals surface area contributed by atoms with Gasteiger partial charge in [-0.2, -0.15) is 0 Å². The summed E-state index contributed by atoms with van der Waals surface area (Å²) in [5, 5.41) is 14.8. The first-order valence-electron chi connectivity index (χ1n) is 18.5. The average molecular weight is 736 g/mol. The second kappa shape index (κ2) is 19.5. The maximum atomic E-state index is 13.6. The fraction of sp³-hybridized carbons (Fsp3) is 0.395. The van der Waals surface area contributed by atoms with Crippen molar-refractivity contribution in [2.24, 2.45) is 0 Å². The quantitative estimate of drug-likeness (QED) is 0.0940. The minimum atomic E-state index is -1.31. The molecule has 0 aliphatic rings. The summed E-state index contributed by atoms with van der Waals surface area (Å²) in [6, 6.07) is 19.9. The van der Waals surface area contributed by atoms with E-state index in [0.717, 1.165) is 40.0 Å². The number of aliphatic carboxylic acids is 1. The monoisotopic (exact) mass is 735 g/mol. The molecule has 4 rings (SSSR count). The first-order chi connectivity index (χ1) is 25.7. The molecular weight excluding hydrogens is 683 g/mol. The number of amides is 3. The lowest BCUT2D eigenvalue weighted by atomic mass is 9.86. The molecule has 3 amide bonds. The summed E-state index contributed by atoms with van der Waals surface area (Å²) in [5.41, 5.74) is 4.62. The lowest BCUT2D eigenvalue weighted by Crippen LogP contribution is -2.54. The number of unbranched alkanes of at least 4 members (excludes halogenated alkanes) is 4. The van der Waals surface area contributed by atoms with Crippen molar-refractivity contribution >= 4 is 23.7 Å². The highest BCUT2D eigenvalue weighted by Crippen LogP contribution is 2.25. The molecule has 3 N–H and O–H groups in total. The maximum Gasteiger partial charge on any atom is 0.305 e. The predicted octanol–water partition coefficient (Wildman–Crippen LogP) is 6.85. The fourth-order valence-corrected chi connectivity index (χ4v) is 5.82. The van der Waals surface area contributed by atoms with Gasteiger partial charge < -0.3 is 25.4 Å². The number of nitrogens with one attached hydrogen (secondary N) is 2. The Morgan fingerprint density at radius 1 is 0.759 bits per heavy atom. The molecule has 0 saturated carbocycles. The molecule has 54 heavy (non-hydrogen) atoms. The number of carboxylic acids is 1. The van der Waals surface area contributed by atoms with E-state index in [4.69, 9.17) is 4.74 Å². The van der Waals surface area contributed by atoms with Crippen LogP contribution < -0.4 is 15.4 Å². The van der Waals surface area contributed by atoms with Crippen LogP contribution in [0, 0.1) is 0 Å². The van der Waals surface area contributed by atoms with E-state index in [1.807, 2.05) is 60.7 Å². The van der Waals surface area contributed by atoms with Crippen molar-refractivity contribution in [1.82, 2.24) is 25.5 Å². The summed E-state index contributed by atoms with van der Waals surface area (Å²) in [6.45, 7) is 9.14. The number of hydrogen-bond acceptors (Lipinski definition) is 7. The van der Waals surface area contributed by atoms with Crippen LogP contribution in [-0.4, -0.2) is 76.5 Å². The zero-order valence-corrected chi connectivity index (χ0v) is 32.2. The molecule has 11 nitrogen and oxygen atoms in total. The van der Waals surface area contributed by atoms with Crippen LogP contribution in [0.25, 0.3) is 22.5 Å². The third-order valence-corrected chi connectivity index (χ3v) is 9.08. The molecular formula is C43H53N5O6. The van der Waals surface area contributed by atoms with E-state index in [-0.39, 0.29) is 11.8 Å². The molecule has 1 heterocycles. The Morgan fingerprint density at radius 3 is 1.94 bits per heavy atom. The zero-order chi connectivity index (χ0) is 39.3. The standard InChI is InChI=1S/C43H53N5O6/c1-7-8-9-10-11-24-54-35-22-18-30(19-23-35)33-27-44-39(45-28-33)31-14-12-29(13-15-31)25-36(41(52)47-37(26-38(49)50)42(53)48(5)6)46-40(51)32-16-20-34(21-17-32)43(2,3)4/h12-23,27-28,36-37H,7-11,24-26H2,1-6H3,(H,46,51)(H,47,52)(H,49,50)/t36-,37-/m0/s1. The van der Waals surface area contributed by atoms with Crippen LogP contribution >= 0.6 is 0 Å². The number of rotatable bonds is 18. The Balaban J connectivity index is 1.46. The normalized spacial score (nSPS) is 12.3. The van der Waals surface area contributed by atoms with Crippen molar-refractivity contribution in [3.63, 3.8) is 0 Å². The largest absolute Gasteiger partial charge is 0.494 e. The van der Waals surface area contributed by atoms with Crippen LogP contribution in [0.1, 0.15) is 87.7 Å². The molecule has 0 spiro atoms. The number of likely N-dealkylation sites (N-methyl/N-ethyl adjacent to an activating group) is 1. The average Bonchev–Trinajstić information content (AvgIpc) is 3.15. The molecule has 1 aromatic heterocycles. The molecule has 0 fully saturated rings. The number of carbonyl (C=O) groups excluding carboxylic acids is 3. The van der Waals surface area contributed by atoms with Crippen molar-refractivity contribution in [1.29, 1.82) is 0 Å². The lowest BCUT2D eigenvalue weighted by Gasteiger charge is -2.24. The molecule has 0 aliphatic heterocycles. The molecule has 0 radical (unpaired) electrons. The second-order valence-corrected chi connectivity index (χ2v) is 14.7. The maximum absolute atomic E-state index is 13.6. The highest BCUT2D eigenvalue weighted by Gasteiger charge is 2.30. The number of ether oxygens (including phenoxy) is 1. The minimum Gasteiger partial charge on any atom is -0.494 e. The Hall–Kier alpha value is -5.58. The van der Waals surface area contributed by atoms with E-state index in [0.29, 0.717) is 18.0 Å². The summed E-state index contributed by atoms with van der Waals surface area (Å²) in [4.78, 5) is 61.7. The predicted molar refractivity (Wildman–Crippen MR) is 210 cm³/mol. The number of carbonyl (C=O) groups is 4. The Bertz CT molecular complexity index is 1830. The molecule has 286 valence electrons. The van der Waals surface area contributed by atoms with Gasteiger partial charge in [-0.3, -0.25) is 19.2 Å². The highest BCUT2D eigenvalue weighted by molar-refractivity contribution is 5.99. The SMILES string of the molecule is CCCCCCCOc1ccc(-c2cnc(-c3ccc(C[C@H](NC(=O)c4ccc(C(C)(C)C)cc4)C(=O)N[C@@H](CC(=O)O)C(=O)N(C)C)cc3)nc2)cc1.